The minimum atomic E-state index is 1.01. The molecule has 0 amide bonds. The number of unbranched alkanes of at least 4 members (excludes halogenated alkanes) is 7. The summed E-state index contributed by atoms with van der Waals surface area (Å²) in [4.78, 5) is 0. The summed E-state index contributed by atoms with van der Waals surface area (Å²) in [6.45, 7) is 4.39. The molecule has 1 heterocycles. The zero-order chi connectivity index (χ0) is 12.3. The maximum absolute atomic E-state index is 5.35. The average molecular weight is 234 g/mol. The van der Waals surface area contributed by atoms with Crippen molar-refractivity contribution < 1.29 is 4.42 Å². The third-order valence-corrected chi connectivity index (χ3v) is 3.17. The van der Waals surface area contributed by atoms with Crippen LogP contribution in [0.2, 0.25) is 0 Å². The van der Waals surface area contributed by atoms with Gasteiger partial charge in [-0.1, -0.05) is 51.5 Å². The molecule has 0 bridgehead atoms. The lowest BCUT2D eigenvalue weighted by Gasteiger charge is -2.00. The molecule has 0 saturated carbocycles. The van der Waals surface area contributed by atoms with Gasteiger partial charge in [0.25, 0.3) is 0 Å². The van der Waals surface area contributed by atoms with E-state index in [0.29, 0.717) is 0 Å². The van der Waals surface area contributed by atoms with E-state index < -0.39 is 0 Å². The number of furan rings is 1. The first kappa shape index (κ1) is 14.1. The Labute approximate surface area is 106 Å². The molecule has 0 saturated heterocycles. The maximum atomic E-state index is 5.35. The summed E-state index contributed by atoms with van der Waals surface area (Å²) in [5.41, 5.74) is 1.26. The Morgan fingerprint density at radius 1 is 1.12 bits per heavy atom. The monoisotopic (exact) mass is 234 g/mol. The molecule has 96 valence electrons. The molecular formula is C16H26O. The van der Waals surface area contributed by atoms with Crippen molar-refractivity contribution >= 4 is 5.57 Å². The molecule has 1 nitrogen and oxygen atoms in total. The Balaban J connectivity index is 2.02. The van der Waals surface area contributed by atoms with Crippen molar-refractivity contribution in [2.75, 3.05) is 0 Å². The predicted octanol–water partition coefficient (Wildman–Crippen LogP) is 5.82. The van der Waals surface area contributed by atoms with E-state index >= 15 is 0 Å². The third kappa shape index (κ3) is 6.35. The van der Waals surface area contributed by atoms with E-state index in [-0.39, 0.29) is 0 Å². The Bertz CT molecular complexity index is 295. The van der Waals surface area contributed by atoms with Crippen molar-refractivity contribution in [2.45, 2.75) is 65.2 Å². The minimum Gasteiger partial charge on any atom is -0.465 e. The van der Waals surface area contributed by atoms with Gasteiger partial charge in [-0.05, 0) is 37.5 Å². The van der Waals surface area contributed by atoms with Crippen LogP contribution in [0.4, 0.5) is 0 Å². The molecule has 0 N–H and O–H groups in total. The highest BCUT2D eigenvalue weighted by Crippen LogP contribution is 2.16. The van der Waals surface area contributed by atoms with Crippen LogP contribution >= 0.6 is 0 Å². The number of hydrogen-bond acceptors (Lipinski definition) is 1. The SMILES string of the molecule is CCCCCCCCC/C=C(\C)c1ccco1. The van der Waals surface area contributed by atoms with Gasteiger partial charge in [0, 0.05) is 0 Å². The van der Waals surface area contributed by atoms with Crippen LogP contribution < -0.4 is 0 Å². The van der Waals surface area contributed by atoms with Crippen molar-refractivity contribution in [3.8, 4) is 0 Å². The molecule has 0 radical (unpaired) electrons. The van der Waals surface area contributed by atoms with Crippen LogP contribution in [0.1, 0.15) is 71.0 Å². The van der Waals surface area contributed by atoms with Crippen LogP contribution in [0.25, 0.3) is 5.57 Å². The lowest BCUT2D eigenvalue weighted by molar-refractivity contribution is 0.552. The van der Waals surface area contributed by atoms with Gasteiger partial charge in [0.1, 0.15) is 5.76 Å². The van der Waals surface area contributed by atoms with Crippen molar-refractivity contribution in [3.63, 3.8) is 0 Å². The molecule has 0 unspecified atom stereocenters. The smallest absolute Gasteiger partial charge is 0.129 e. The molecule has 0 aliphatic heterocycles. The third-order valence-electron chi connectivity index (χ3n) is 3.17. The van der Waals surface area contributed by atoms with Crippen molar-refractivity contribution in [1.29, 1.82) is 0 Å². The summed E-state index contributed by atoms with van der Waals surface area (Å²) in [7, 11) is 0. The van der Waals surface area contributed by atoms with Gasteiger partial charge in [0.2, 0.25) is 0 Å². The summed E-state index contributed by atoms with van der Waals surface area (Å²) in [5.74, 6) is 1.01. The first-order valence-corrected chi connectivity index (χ1v) is 7.05. The van der Waals surface area contributed by atoms with Crippen molar-refractivity contribution in [1.82, 2.24) is 0 Å². The molecule has 1 aromatic heterocycles. The molecule has 1 rings (SSSR count). The normalized spacial score (nSPS) is 12.0. The summed E-state index contributed by atoms with van der Waals surface area (Å²) < 4.78 is 5.35. The Morgan fingerprint density at radius 2 is 1.82 bits per heavy atom. The fourth-order valence-electron chi connectivity index (χ4n) is 2.02. The highest BCUT2D eigenvalue weighted by atomic mass is 16.3. The first-order chi connectivity index (χ1) is 8.34. The Hall–Kier alpha value is -0.980. The molecule has 17 heavy (non-hydrogen) atoms. The summed E-state index contributed by atoms with van der Waals surface area (Å²) in [6, 6.07) is 3.97. The van der Waals surface area contributed by atoms with Crippen LogP contribution in [0.15, 0.2) is 28.9 Å². The second-order valence-electron chi connectivity index (χ2n) is 4.77. The van der Waals surface area contributed by atoms with Crippen LogP contribution in [0.5, 0.6) is 0 Å². The van der Waals surface area contributed by atoms with Crippen molar-refractivity contribution in [3.05, 3.63) is 30.2 Å². The fourth-order valence-corrected chi connectivity index (χ4v) is 2.02. The van der Waals surface area contributed by atoms with Crippen LogP contribution in [-0.4, -0.2) is 0 Å². The molecule has 0 aliphatic carbocycles. The Morgan fingerprint density at radius 3 is 2.47 bits per heavy atom. The summed E-state index contributed by atoms with van der Waals surface area (Å²) >= 11 is 0. The lowest BCUT2D eigenvalue weighted by Crippen LogP contribution is -1.80. The molecular weight excluding hydrogens is 208 g/mol. The fraction of sp³-hybridized carbons (Fsp3) is 0.625. The van der Waals surface area contributed by atoms with Gasteiger partial charge in [-0.3, -0.25) is 0 Å². The van der Waals surface area contributed by atoms with Crippen LogP contribution in [-0.2, 0) is 0 Å². The Kier molecular flexibility index (Phi) is 7.53. The van der Waals surface area contributed by atoms with Gasteiger partial charge in [-0.15, -0.1) is 0 Å². The van der Waals surface area contributed by atoms with E-state index in [2.05, 4.69) is 19.9 Å². The van der Waals surface area contributed by atoms with Gasteiger partial charge in [0.15, 0.2) is 0 Å². The zero-order valence-corrected chi connectivity index (χ0v) is 11.4. The molecule has 0 aliphatic rings. The average Bonchev–Trinajstić information content (AvgIpc) is 2.86. The van der Waals surface area contributed by atoms with Gasteiger partial charge < -0.3 is 4.42 Å². The second-order valence-corrected chi connectivity index (χ2v) is 4.77. The highest BCUT2D eigenvalue weighted by Gasteiger charge is 1.96. The van der Waals surface area contributed by atoms with E-state index in [1.165, 1.54) is 56.9 Å². The largest absolute Gasteiger partial charge is 0.465 e. The van der Waals surface area contributed by atoms with E-state index in [1.807, 2.05) is 12.1 Å². The molecule has 0 fully saturated rings. The molecule has 1 heteroatoms. The molecule has 0 aromatic carbocycles. The zero-order valence-electron chi connectivity index (χ0n) is 11.4. The topological polar surface area (TPSA) is 13.1 Å². The van der Waals surface area contributed by atoms with Gasteiger partial charge in [0.05, 0.1) is 6.26 Å². The number of hydrogen-bond donors (Lipinski definition) is 0. The number of rotatable bonds is 9. The summed E-state index contributed by atoms with van der Waals surface area (Å²) in [5, 5.41) is 0. The lowest BCUT2D eigenvalue weighted by atomic mass is 10.1. The van der Waals surface area contributed by atoms with Crippen molar-refractivity contribution in [2.24, 2.45) is 0 Å². The van der Waals surface area contributed by atoms with Gasteiger partial charge >= 0.3 is 0 Å². The van der Waals surface area contributed by atoms with E-state index in [0.717, 1.165) is 5.76 Å². The molecule has 1 aromatic rings. The highest BCUT2D eigenvalue weighted by molar-refractivity contribution is 5.58. The quantitative estimate of drug-likeness (QED) is 0.490. The minimum absolute atomic E-state index is 1.01. The van der Waals surface area contributed by atoms with Crippen LogP contribution in [0, 0.1) is 0 Å². The number of allylic oxidation sites excluding steroid dienone is 2. The predicted molar refractivity (Wildman–Crippen MR) is 75.0 cm³/mol. The molecule has 0 spiro atoms. The van der Waals surface area contributed by atoms with E-state index in [4.69, 9.17) is 4.42 Å². The summed E-state index contributed by atoms with van der Waals surface area (Å²) in [6.07, 6.45) is 14.9. The van der Waals surface area contributed by atoms with Gasteiger partial charge in [-0.25, -0.2) is 0 Å². The van der Waals surface area contributed by atoms with Gasteiger partial charge in [-0.2, -0.15) is 0 Å². The van der Waals surface area contributed by atoms with E-state index in [9.17, 15) is 0 Å². The second kappa shape index (κ2) is 9.09. The molecule has 0 atom stereocenters. The maximum Gasteiger partial charge on any atom is 0.129 e. The first-order valence-electron chi connectivity index (χ1n) is 7.05. The van der Waals surface area contributed by atoms with Crippen LogP contribution in [0.3, 0.4) is 0 Å². The standard InChI is InChI=1S/C16H26O/c1-3-4-5-6-7-8-9-10-12-15(2)16-13-11-14-17-16/h11-14H,3-10H2,1-2H3/b15-12+. The van der Waals surface area contributed by atoms with E-state index in [1.54, 1.807) is 6.26 Å².